The maximum atomic E-state index is 4.05. The monoisotopic (exact) mass is 313 g/mol. The molecule has 0 fully saturated rings. The van der Waals surface area contributed by atoms with Crippen LogP contribution in [-0.2, 0) is 5.54 Å². The molecule has 0 spiro atoms. The Bertz CT molecular complexity index is 620. The van der Waals surface area contributed by atoms with Crippen molar-refractivity contribution in [2.75, 3.05) is 0 Å². The SMILES string of the molecule is CC1=C(C)C(C)C([Si](C)(C)NC(C)(C)c2ccccc2)=C1C. The lowest BCUT2D eigenvalue weighted by molar-refractivity contribution is 0.487. The molecule has 0 radical (unpaired) electrons. The third kappa shape index (κ3) is 3.00. The highest BCUT2D eigenvalue weighted by Gasteiger charge is 2.39. The van der Waals surface area contributed by atoms with Crippen LogP contribution in [0.4, 0.5) is 0 Å². The highest BCUT2D eigenvalue weighted by atomic mass is 28.3. The summed E-state index contributed by atoms with van der Waals surface area (Å²) in [6.45, 7) is 18.8. The van der Waals surface area contributed by atoms with Crippen LogP contribution in [0.15, 0.2) is 52.2 Å². The van der Waals surface area contributed by atoms with Crippen LogP contribution in [0.5, 0.6) is 0 Å². The maximum absolute atomic E-state index is 4.05. The smallest absolute Gasteiger partial charge is 0.148 e. The minimum absolute atomic E-state index is 0.00557. The fraction of sp³-hybridized carbons (Fsp3) is 0.500. The van der Waals surface area contributed by atoms with Gasteiger partial charge in [-0.3, -0.25) is 0 Å². The average molecular weight is 314 g/mol. The van der Waals surface area contributed by atoms with Gasteiger partial charge in [0.2, 0.25) is 0 Å². The van der Waals surface area contributed by atoms with Gasteiger partial charge in [-0.2, -0.15) is 0 Å². The molecule has 0 aliphatic heterocycles. The van der Waals surface area contributed by atoms with Crippen molar-refractivity contribution in [1.82, 2.24) is 4.98 Å². The third-order valence-corrected chi connectivity index (χ3v) is 8.84. The Labute approximate surface area is 137 Å². The molecule has 1 atom stereocenters. The molecular weight excluding hydrogens is 282 g/mol. The highest BCUT2D eigenvalue weighted by Crippen LogP contribution is 2.41. The summed E-state index contributed by atoms with van der Waals surface area (Å²) < 4.78 is 0. The molecule has 1 aromatic rings. The molecular formula is C20H31NSi. The molecule has 0 bridgehead atoms. The lowest BCUT2D eigenvalue weighted by atomic mass is 9.96. The summed E-state index contributed by atoms with van der Waals surface area (Å²) in [4.78, 5) is 4.05. The number of rotatable bonds is 4. The van der Waals surface area contributed by atoms with Gasteiger partial charge in [0.15, 0.2) is 0 Å². The number of hydrogen-bond donors (Lipinski definition) is 1. The van der Waals surface area contributed by atoms with Crippen molar-refractivity contribution >= 4 is 8.24 Å². The fourth-order valence-corrected chi connectivity index (χ4v) is 8.41. The Balaban J connectivity index is 2.33. The number of hydrogen-bond acceptors (Lipinski definition) is 1. The summed E-state index contributed by atoms with van der Waals surface area (Å²) in [5.41, 5.74) is 5.93. The van der Waals surface area contributed by atoms with Gasteiger partial charge < -0.3 is 4.98 Å². The first-order chi connectivity index (χ1) is 10.1. The van der Waals surface area contributed by atoms with Crippen molar-refractivity contribution < 1.29 is 0 Å². The standard InChI is InChI=1S/C20H31NSi/c1-14-15(2)17(4)19(16(14)3)22(7,8)21-20(5,6)18-12-10-9-11-13-18/h9-13,16,21H,1-8H3. The number of benzene rings is 1. The number of nitrogens with one attached hydrogen (secondary N) is 1. The quantitative estimate of drug-likeness (QED) is 0.718. The van der Waals surface area contributed by atoms with Crippen molar-refractivity contribution in [2.45, 2.75) is 60.2 Å². The molecule has 0 heterocycles. The van der Waals surface area contributed by atoms with Gasteiger partial charge in [-0.05, 0) is 51.7 Å². The van der Waals surface area contributed by atoms with Crippen LogP contribution in [0.25, 0.3) is 0 Å². The van der Waals surface area contributed by atoms with Crippen LogP contribution in [0, 0.1) is 5.92 Å². The maximum Gasteiger partial charge on any atom is 0.148 e. The van der Waals surface area contributed by atoms with Crippen LogP contribution in [0.1, 0.15) is 47.1 Å². The van der Waals surface area contributed by atoms with Gasteiger partial charge >= 0.3 is 0 Å². The van der Waals surface area contributed by atoms with Gasteiger partial charge in [0.05, 0.1) is 0 Å². The van der Waals surface area contributed by atoms with E-state index in [-0.39, 0.29) is 5.54 Å². The zero-order valence-corrected chi connectivity index (χ0v) is 16.5. The molecule has 0 saturated heterocycles. The predicted molar refractivity (Wildman–Crippen MR) is 100 cm³/mol. The zero-order chi connectivity index (χ0) is 16.7. The van der Waals surface area contributed by atoms with E-state index in [4.69, 9.17) is 0 Å². The molecule has 1 nitrogen and oxygen atoms in total. The summed E-state index contributed by atoms with van der Waals surface area (Å²) in [5, 5.41) is 1.67. The van der Waals surface area contributed by atoms with E-state index in [9.17, 15) is 0 Å². The number of allylic oxidation sites excluding steroid dienone is 4. The molecule has 1 unspecified atom stereocenters. The van der Waals surface area contributed by atoms with E-state index in [0.29, 0.717) is 5.92 Å². The van der Waals surface area contributed by atoms with Crippen LogP contribution >= 0.6 is 0 Å². The topological polar surface area (TPSA) is 12.0 Å². The van der Waals surface area contributed by atoms with E-state index in [0.717, 1.165) is 0 Å². The second-order valence-corrected chi connectivity index (χ2v) is 11.8. The van der Waals surface area contributed by atoms with E-state index < -0.39 is 8.24 Å². The van der Waals surface area contributed by atoms with Crippen molar-refractivity contribution in [2.24, 2.45) is 5.92 Å². The van der Waals surface area contributed by atoms with E-state index in [2.05, 4.69) is 90.0 Å². The molecule has 1 aliphatic rings. The Kier molecular flexibility index (Phi) is 4.56. The molecule has 22 heavy (non-hydrogen) atoms. The first-order valence-corrected chi connectivity index (χ1v) is 11.3. The van der Waals surface area contributed by atoms with Crippen molar-refractivity contribution in [1.29, 1.82) is 0 Å². The zero-order valence-electron chi connectivity index (χ0n) is 15.5. The molecule has 0 amide bonds. The minimum atomic E-state index is -1.71. The molecule has 1 aliphatic carbocycles. The van der Waals surface area contributed by atoms with Crippen LogP contribution in [0.2, 0.25) is 13.1 Å². The molecule has 0 aromatic heterocycles. The summed E-state index contributed by atoms with van der Waals surface area (Å²) in [7, 11) is -1.71. The van der Waals surface area contributed by atoms with Crippen molar-refractivity contribution in [3.8, 4) is 0 Å². The Morgan fingerprint density at radius 3 is 1.95 bits per heavy atom. The Morgan fingerprint density at radius 2 is 1.50 bits per heavy atom. The van der Waals surface area contributed by atoms with E-state index in [1.165, 1.54) is 16.7 Å². The third-order valence-electron chi connectivity index (χ3n) is 5.43. The minimum Gasteiger partial charge on any atom is -0.325 e. The van der Waals surface area contributed by atoms with E-state index in [1.807, 2.05) is 0 Å². The van der Waals surface area contributed by atoms with Crippen LogP contribution < -0.4 is 4.98 Å². The summed E-state index contributed by atoms with van der Waals surface area (Å²) in [6, 6.07) is 10.8. The summed E-state index contributed by atoms with van der Waals surface area (Å²) in [5.74, 6) is 0.584. The Morgan fingerprint density at radius 1 is 0.955 bits per heavy atom. The molecule has 2 heteroatoms. The van der Waals surface area contributed by atoms with Crippen LogP contribution in [0.3, 0.4) is 0 Å². The first-order valence-electron chi connectivity index (χ1n) is 8.32. The van der Waals surface area contributed by atoms with Gasteiger partial charge in [0, 0.05) is 5.54 Å². The summed E-state index contributed by atoms with van der Waals surface area (Å²) in [6.07, 6.45) is 0. The van der Waals surface area contributed by atoms with Gasteiger partial charge in [0.1, 0.15) is 8.24 Å². The molecule has 120 valence electrons. The Hall–Kier alpha value is -1.12. The second-order valence-electron chi connectivity index (χ2n) is 7.81. The largest absolute Gasteiger partial charge is 0.325 e. The van der Waals surface area contributed by atoms with Crippen molar-refractivity contribution in [3.63, 3.8) is 0 Å². The van der Waals surface area contributed by atoms with Gasteiger partial charge in [-0.25, -0.2) is 0 Å². The molecule has 0 saturated carbocycles. The van der Waals surface area contributed by atoms with Gasteiger partial charge in [0.25, 0.3) is 0 Å². The average Bonchev–Trinajstić information content (AvgIpc) is 2.63. The first kappa shape index (κ1) is 17.2. The molecule has 1 aromatic carbocycles. The fourth-order valence-electron chi connectivity index (χ4n) is 4.15. The molecule has 2 rings (SSSR count). The lowest BCUT2D eigenvalue weighted by Gasteiger charge is -2.39. The predicted octanol–water partition coefficient (Wildman–Crippen LogP) is 5.56. The van der Waals surface area contributed by atoms with Crippen LogP contribution in [-0.4, -0.2) is 8.24 Å². The van der Waals surface area contributed by atoms with E-state index in [1.54, 1.807) is 10.8 Å². The normalized spacial score (nSPS) is 20.1. The molecule has 1 N–H and O–H groups in total. The lowest BCUT2D eigenvalue weighted by Crippen LogP contribution is -2.56. The second kappa shape index (κ2) is 5.82. The van der Waals surface area contributed by atoms with E-state index >= 15 is 0 Å². The summed E-state index contributed by atoms with van der Waals surface area (Å²) >= 11 is 0. The van der Waals surface area contributed by atoms with Gasteiger partial charge in [-0.1, -0.05) is 66.7 Å². The van der Waals surface area contributed by atoms with Gasteiger partial charge in [-0.15, -0.1) is 0 Å². The highest BCUT2D eigenvalue weighted by molar-refractivity contribution is 6.82. The van der Waals surface area contributed by atoms with Crippen molar-refractivity contribution in [3.05, 3.63) is 57.8 Å².